The van der Waals surface area contributed by atoms with E-state index < -0.39 is 0 Å². The van der Waals surface area contributed by atoms with E-state index in [4.69, 9.17) is 19.9 Å². The number of nitrogens with zero attached hydrogens (tertiary/aromatic N) is 4. The third kappa shape index (κ3) is 12.6. The van der Waals surface area contributed by atoms with Gasteiger partial charge in [0.1, 0.15) is 11.4 Å². The largest absolute Gasteiger partial charge is 0.367 e. The van der Waals surface area contributed by atoms with E-state index in [2.05, 4.69) is 64.1 Å². The topological polar surface area (TPSA) is 178 Å². The van der Waals surface area contributed by atoms with Crippen molar-refractivity contribution < 1.29 is 75.5 Å². The van der Waals surface area contributed by atoms with Gasteiger partial charge in [-0.25, -0.2) is 19.9 Å². The molecule has 0 radical (unpaired) electrons. The third-order valence-electron chi connectivity index (χ3n) is 10.6. The summed E-state index contributed by atoms with van der Waals surface area (Å²) in [7, 11) is 0. The molecule has 0 aliphatic carbocycles. The zero-order valence-electron chi connectivity index (χ0n) is 35.8. The van der Waals surface area contributed by atoms with E-state index in [1.807, 2.05) is 171 Å². The van der Waals surface area contributed by atoms with E-state index >= 15 is 0 Å². The van der Waals surface area contributed by atoms with Crippen molar-refractivity contribution in [3.05, 3.63) is 218 Å². The van der Waals surface area contributed by atoms with Crippen LogP contribution in [0.3, 0.4) is 0 Å². The Kier molecular flexibility index (Phi) is 17.7. The van der Waals surface area contributed by atoms with E-state index in [0.717, 1.165) is 93.0 Å². The molecule has 10 heterocycles. The summed E-state index contributed by atoms with van der Waals surface area (Å²) in [5.74, 6) is 0. The molecule has 332 valence electrons. The van der Waals surface area contributed by atoms with E-state index in [-0.39, 0.29) is 75.5 Å². The summed E-state index contributed by atoms with van der Waals surface area (Å²) in [5.41, 5.74) is 16.5. The molecule has 0 fully saturated rings. The molecule has 0 amide bonds. The number of rotatable bonds is 10. The first kappa shape index (κ1) is 47.8. The van der Waals surface area contributed by atoms with Gasteiger partial charge in [0.05, 0.1) is 44.8 Å². The molecule has 2 aromatic carbocycles. The number of fused-ring (bicyclic) bond motifs is 2. The number of H-pyrrole nitrogens is 8. The maximum Gasteiger partial charge on any atom is 0.115 e. The molecule has 12 rings (SSSR count). The maximum atomic E-state index is 4.78. The number of aromatic nitrogens is 12. The van der Waals surface area contributed by atoms with Crippen molar-refractivity contribution in [2.45, 2.75) is 25.7 Å². The fraction of sp³-hybridized carbons (Fsp3) is 0.0769. The molecule has 0 saturated heterocycles. The minimum Gasteiger partial charge on any atom is -0.367 e. The van der Waals surface area contributed by atoms with Gasteiger partial charge in [0.15, 0.2) is 0 Å². The van der Waals surface area contributed by atoms with Gasteiger partial charge in [-0.1, -0.05) is 24.3 Å². The normalized spacial score (nSPS) is 10.4. The smallest absolute Gasteiger partial charge is 0.115 e. The van der Waals surface area contributed by atoms with Crippen LogP contribution in [0.25, 0.3) is 67.4 Å². The Labute approximate surface area is 442 Å². The van der Waals surface area contributed by atoms with Crippen LogP contribution in [0, 0.1) is 75.5 Å². The molecule has 8 N–H and O–H groups in total. The molecule has 0 atom stereocenters. The van der Waals surface area contributed by atoms with Gasteiger partial charge in [-0.3, -0.25) is 0 Å². The molecule has 0 bridgehead atoms. The Bertz CT molecular complexity index is 2710. The monoisotopic (exact) mass is 920 g/mol. The minimum atomic E-state index is 0. The summed E-state index contributed by atoms with van der Waals surface area (Å²) < 4.78 is 0. The Morgan fingerprint density at radius 3 is 0.985 bits per heavy atom. The second kappa shape index (κ2) is 24.4. The van der Waals surface area contributed by atoms with Crippen LogP contribution in [-0.4, -0.2) is 59.8 Å². The Balaban J connectivity index is 0.000000133. The predicted molar refractivity (Wildman–Crippen MR) is 256 cm³/mol. The van der Waals surface area contributed by atoms with E-state index in [9.17, 15) is 0 Å². The molecule has 14 heteroatoms. The zero-order chi connectivity index (χ0) is 43.2. The number of hydrogen-bond acceptors (Lipinski definition) is 4. The number of nitrogens with one attached hydrogen (secondary N) is 8. The summed E-state index contributed by atoms with van der Waals surface area (Å²) in [5, 5.41) is 0. The van der Waals surface area contributed by atoms with Crippen LogP contribution in [0.5, 0.6) is 0 Å². The second-order valence-electron chi connectivity index (χ2n) is 15.0. The standard InChI is InChI=1S/2C16H12N4.2C10H12N2.2Ar/c1-2-6-12-11(5-1)19-15(13-7-3-9-17-13)16(20-12)14-8-4-10-18-14;1-2-4-14-13(3-1)19-15(11-5-7-17-9-11)16(20-14)12-6-8-18-10-12;1-3-9(11-7-1)5-6-10-4-2-8-12-10;1(9-3-5-11-7-9)2-10-4-6-12-8-10;;/h2*1-10,17-18H;1-4,7-8,11-12H,5-6H2;3-8,11-12H,1-2H2;;. The van der Waals surface area contributed by atoms with Crippen molar-refractivity contribution >= 4 is 22.1 Å². The van der Waals surface area contributed by atoms with Gasteiger partial charge in [0.2, 0.25) is 0 Å². The summed E-state index contributed by atoms with van der Waals surface area (Å²) >= 11 is 0. The third-order valence-corrected chi connectivity index (χ3v) is 10.6. The van der Waals surface area contributed by atoms with Gasteiger partial charge in [-0.15, -0.1) is 0 Å². The summed E-state index contributed by atoms with van der Waals surface area (Å²) in [6, 6.07) is 40.3. The molecule has 0 unspecified atom stereocenters. The fourth-order valence-electron chi connectivity index (χ4n) is 7.31. The molecule has 10 aromatic heterocycles. The molecular formula is C52H48Ar2N12. The summed E-state index contributed by atoms with van der Waals surface area (Å²) in [6.07, 6.45) is 27.8. The number of aromatic amines is 8. The van der Waals surface area contributed by atoms with Gasteiger partial charge >= 0.3 is 0 Å². The molecule has 0 spiro atoms. The fourth-order valence-corrected chi connectivity index (χ4v) is 7.31. The van der Waals surface area contributed by atoms with Crippen LogP contribution in [0.4, 0.5) is 0 Å². The number of aryl methyl sites for hydroxylation is 4. The first-order valence-corrected chi connectivity index (χ1v) is 21.3. The zero-order valence-corrected chi connectivity index (χ0v) is 37.2. The van der Waals surface area contributed by atoms with E-state index in [0.29, 0.717) is 0 Å². The van der Waals surface area contributed by atoms with Crippen LogP contribution in [-0.2, 0) is 25.7 Å². The van der Waals surface area contributed by atoms with Gasteiger partial charge < -0.3 is 39.9 Å². The molecule has 12 nitrogen and oxygen atoms in total. The van der Waals surface area contributed by atoms with Crippen molar-refractivity contribution in [3.63, 3.8) is 0 Å². The van der Waals surface area contributed by atoms with Gasteiger partial charge in [-0.2, -0.15) is 0 Å². The van der Waals surface area contributed by atoms with Crippen LogP contribution < -0.4 is 0 Å². The Hall–Kier alpha value is -6.12. The summed E-state index contributed by atoms with van der Waals surface area (Å²) in [4.78, 5) is 44.1. The van der Waals surface area contributed by atoms with Crippen molar-refractivity contribution in [1.29, 1.82) is 0 Å². The van der Waals surface area contributed by atoms with Crippen molar-refractivity contribution in [2.24, 2.45) is 0 Å². The second-order valence-corrected chi connectivity index (χ2v) is 15.0. The molecular weight excluding hydrogens is 873 g/mol. The first-order chi connectivity index (χ1) is 31.7. The quantitative estimate of drug-likeness (QED) is 0.0681. The average molecular weight is 921 g/mol. The minimum absolute atomic E-state index is 0. The SMILES string of the molecule is [Ar].[Ar].c1c[nH]c(-c2nc3ccccc3nc2-c2ccc[nH]2)c1.c1c[nH]c(CCc2ccc[nH]2)c1.c1cc(CCc2cc[nH]c2)c[nH]1.c1ccc2nc(-c3cc[nH]c3)c(-c3cc[nH]c3)nc2c1. The summed E-state index contributed by atoms with van der Waals surface area (Å²) in [6.45, 7) is 0. The predicted octanol–water partition coefficient (Wildman–Crippen LogP) is 11.5. The first-order valence-electron chi connectivity index (χ1n) is 21.3. The average Bonchev–Trinajstić information content (AvgIpc) is 4.21. The number of para-hydroxylation sites is 4. The molecule has 12 aromatic rings. The van der Waals surface area contributed by atoms with E-state index in [1.54, 1.807) is 0 Å². The number of benzene rings is 2. The van der Waals surface area contributed by atoms with Crippen molar-refractivity contribution in [3.8, 4) is 45.3 Å². The molecule has 66 heavy (non-hydrogen) atoms. The van der Waals surface area contributed by atoms with Crippen molar-refractivity contribution in [2.75, 3.05) is 0 Å². The van der Waals surface area contributed by atoms with Crippen LogP contribution in [0.2, 0.25) is 0 Å². The molecule has 0 aliphatic rings. The Morgan fingerprint density at radius 1 is 0.303 bits per heavy atom. The van der Waals surface area contributed by atoms with Crippen LogP contribution in [0.1, 0.15) is 22.5 Å². The number of hydrogen-bond donors (Lipinski definition) is 8. The van der Waals surface area contributed by atoms with Gasteiger partial charge in [0, 0.05) is 172 Å². The van der Waals surface area contributed by atoms with Crippen LogP contribution in [0.15, 0.2) is 196 Å². The van der Waals surface area contributed by atoms with Crippen LogP contribution >= 0.6 is 0 Å². The Morgan fingerprint density at radius 2 is 0.667 bits per heavy atom. The maximum absolute atomic E-state index is 4.78. The molecule has 0 aliphatic heterocycles. The van der Waals surface area contributed by atoms with Gasteiger partial charge in [-0.05, 0) is 134 Å². The van der Waals surface area contributed by atoms with Gasteiger partial charge in [0.25, 0.3) is 0 Å². The van der Waals surface area contributed by atoms with E-state index in [1.165, 1.54) is 22.5 Å². The van der Waals surface area contributed by atoms with Crippen molar-refractivity contribution in [1.82, 2.24) is 59.8 Å². The molecule has 0 saturated carbocycles.